The van der Waals surface area contributed by atoms with Gasteiger partial charge in [-0.2, -0.15) is 0 Å². The maximum Gasteiger partial charge on any atom is 0.306 e. The predicted octanol–water partition coefficient (Wildman–Crippen LogP) is 5.42. The molecule has 2 aromatic rings. The second-order valence-corrected chi connectivity index (χ2v) is 7.03. The van der Waals surface area contributed by atoms with Crippen LogP contribution in [-0.2, 0) is 9.53 Å². The van der Waals surface area contributed by atoms with Crippen LogP contribution in [0, 0.1) is 5.92 Å². The van der Waals surface area contributed by atoms with E-state index in [0.717, 1.165) is 24.8 Å². The van der Waals surface area contributed by atoms with E-state index in [-0.39, 0.29) is 30.0 Å². The van der Waals surface area contributed by atoms with E-state index in [9.17, 15) is 9.59 Å². The van der Waals surface area contributed by atoms with E-state index in [1.165, 1.54) is 0 Å². The lowest BCUT2D eigenvalue weighted by atomic mass is 9.80. The number of carbonyl (C=O) groups excluding carboxylic acids is 2. The molecule has 2 aromatic carbocycles. The maximum atomic E-state index is 13.0. The van der Waals surface area contributed by atoms with Gasteiger partial charge in [0, 0.05) is 17.4 Å². The normalized spacial score (nSPS) is 12.8. The first-order valence-corrected chi connectivity index (χ1v) is 9.95. The first-order chi connectivity index (χ1) is 13.6. The number of rotatable bonds is 11. The second-order valence-electron chi connectivity index (χ2n) is 7.03. The van der Waals surface area contributed by atoms with E-state index >= 15 is 0 Å². The molecule has 0 N–H and O–H groups in total. The van der Waals surface area contributed by atoms with E-state index in [4.69, 9.17) is 9.47 Å². The van der Waals surface area contributed by atoms with Gasteiger partial charge in [-0.25, -0.2) is 0 Å². The molecule has 0 bridgehead atoms. The molecule has 0 heterocycles. The fourth-order valence-electron chi connectivity index (χ4n) is 3.26. The molecule has 0 aromatic heterocycles. The molecule has 4 nitrogen and oxygen atoms in total. The summed E-state index contributed by atoms with van der Waals surface area (Å²) in [6.45, 7) is 4.43. The largest absolute Gasteiger partial charge is 0.497 e. The Bertz CT molecular complexity index is 737. The van der Waals surface area contributed by atoms with E-state index in [1.807, 2.05) is 37.3 Å². The molecule has 0 radical (unpaired) electrons. The molecule has 0 fully saturated rings. The van der Waals surface area contributed by atoms with Gasteiger partial charge in [0.05, 0.1) is 20.1 Å². The molecular formula is C24H30O4. The van der Waals surface area contributed by atoms with Crippen LogP contribution in [0.25, 0.3) is 0 Å². The van der Waals surface area contributed by atoms with Gasteiger partial charge in [0.1, 0.15) is 5.75 Å². The molecule has 4 heteroatoms. The van der Waals surface area contributed by atoms with E-state index in [0.29, 0.717) is 17.9 Å². The Morgan fingerprint density at radius 2 is 1.64 bits per heavy atom. The van der Waals surface area contributed by atoms with Gasteiger partial charge in [-0.05, 0) is 36.2 Å². The number of hydrogen-bond donors (Lipinski definition) is 0. The number of methoxy groups -OCH3 is 1. The number of carbonyl (C=O) groups is 2. The average Bonchev–Trinajstić information content (AvgIpc) is 2.74. The zero-order valence-corrected chi connectivity index (χ0v) is 17.0. The Balaban J connectivity index is 2.13. The number of ether oxygens (including phenoxy) is 2. The van der Waals surface area contributed by atoms with Gasteiger partial charge in [-0.15, -0.1) is 0 Å². The van der Waals surface area contributed by atoms with Gasteiger partial charge < -0.3 is 9.47 Å². The number of esters is 1. The number of Topliss-reactive ketones (excluding diaryl/α,β-unsaturated/α-hetero) is 1. The molecular weight excluding hydrogens is 352 g/mol. The molecule has 0 aliphatic carbocycles. The Morgan fingerprint density at radius 3 is 2.25 bits per heavy atom. The highest BCUT2D eigenvalue weighted by molar-refractivity contribution is 5.98. The fourth-order valence-corrected chi connectivity index (χ4v) is 3.26. The van der Waals surface area contributed by atoms with Crippen LogP contribution in [0.5, 0.6) is 5.75 Å². The molecule has 28 heavy (non-hydrogen) atoms. The lowest BCUT2D eigenvalue weighted by molar-refractivity contribution is -0.144. The van der Waals surface area contributed by atoms with Gasteiger partial charge in [-0.1, -0.05) is 57.0 Å². The summed E-state index contributed by atoms with van der Waals surface area (Å²) in [5.74, 6) is -0.109. The van der Waals surface area contributed by atoms with Crippen LogP contribution >= 0.6 is 0 Å². The minimum Gasteiger partial charge on any atom is -0.497 e. The lowest BCUT2D eigenvalue weighted by Gasteiger charge is -2.23. The fraction of sp³-hybridized carbons (Fsp3) is 0.417. The second kappa shape index (κ2) is 11.3. The van der Waals surface area contributed by atoms with Crippen molar-refractivity contribution in [3.63, 3.8) is 0 Å². The van der Waals surface area contributed by atoms with Gasteiger partial charge in [-0.3, -0.25) is 9.59 Å². The molecule has 2 rings (SSSR count). The van der Waals surface area contributed by atoms with Crippen molar-refractivity contribution in [1.29, 1.82) is 0 Å². The van der Waals surface area contributed by atoms with E-state index in [1.54, 1.807) is 31.4 Å². The minimum atomic E-state index is -0.348. The summed E-state index contributed by atoms with van der Waals surface area (Å²) in [5.41, 5.74) is 1.59. The molecule has 0 aliphatic heterocycles. The van der Waals surface area contributed by atoms with Crippen molar-refractivity contribution >= 4 is 11.8 Å². The summed E-state index contributed by atoms with van der Waals surface area (Å²) in [6, 6.07) is 16.8. The van der Waals surface area contributed by atoms with Crippen LogP contribution in [0.3, 0.4) is 0 Å². The number of benzene rings is 2. The van der Waals surface area contributed by atoms with Crippen LogP contribution in [0.4, 0.5) is 0 Å². The maximum absolute atomic E-state index is 13.0. The third-order valence-electron chi connectivity index (χ3n) is 5.02. The summed E-state index contributed by atoms with van der Waals surface area (Å²) in [5, 5.41) is 0. The van der Waals surface area contributed by atoms with Crippen LogP contribution in [-0.4, -0.2) is 25.5 Å². The van der Waals surface area contributed by atoms with Gasteiger partial charge >= 0.3 is 5.97 Å². The van der Waals surface area contributed by atoms with Crippen molar-refractivity contribution in [3.8, 4) is 5.75 Å². The summed E-state index contributed by atoms with van der Waals surface area (Å²) in [6.07, 6.45) is 3.19. The molecule has 0 aliphatic rings. The Morgan fingerprint density at radius 1 is 0.964 bits per heavy atom. The SMILES string of the molecule is CCCCCOC(=O)CC(c1ccccc1)C(C)C(=O)c1ccc(OC)cc1. The Labute approximate surface area is 167 Å². The molecule has 0 saturated heterocycles. The quantitative estimate of drug-likeness (QED) is 0.296. The van der Waals surface area contributed by atoms with Crippen LogP contribution in [0.15, 0.2) is 54.6 Å². The Kier molecular flexibility index (Phi) is 8.73. The minimum absolute atomic E-state index is 0.00953. The van der Waals surface area contributed by atoms with Crippen molar-refractivity contribution in [2.75, 3.05) is 13.7 Å². The van der Waals surface area contributed by atoms with Gasteiger partial charge in [0.15, 0.2) is 5.78 Å². The molecule has 2 unspecified atom stereocenters. The van der Waals surface area contributed by atoms with Crippen molar-refractivity contribution in [2.24, 2.45) is 5.92 Å². The number of ketones is 1. The van der Waals surface area contributed by atoms with Crippen LogP contribution in [0.1, 0.15) is 61.4 Å². The first kappa shape index (κ1) is 21.7. The summed E-state index contributed by atoms with van der Waals surface area (Å²) in [7, 11) is 1.59. The molecule has 2 atom stereocenters. The molecule has 0 saturated carbocycles. The summed E-state index contributed by atoms with van der Waals surface area (Å²) >= 11 is 0. The van der Waals surface area contributed by atoms with Gasteiger partial charge in [0.25, 0.3) is 0 Å². The monoisotopic (exact) mass is 382 g/mol. The standard InChI is InChI=1S/C24H30O4/c1-4-5-9-16-28-23(25)17-22(19-10-7-6-8-11-19)18(2)24(26)20-12-14-21(27-3)15-13-20/h6-8,10-15,18,22H,4-5,9,16-17H2,1-3H3. The average molecular weight is 383 g/mol. The van der Waals surface area contributed by atoms with Gasteiger partial charge in [0.2, 0.25) is 0 Å². The lowest BCUT2D eigenvalue weighted by Crippen LogP contribution is -2.23. The van der Waals surface area contributed by atoms with Crippen molar-refractivity contribution in [3.05, 3.63) is 65.7 Å². The zero-order chi connectivity index (χ0) is 20.4. The topological polar surface area (TPSA) is 52.6 Å². The smallest absolute Gasteiger partial charge is 0.306 e. The highest BCUT2D eigenvalue weighted by atomic mass is 16.5. The third-order valence-corrected chi connectivity index (χ3v) is 5.02. The van der Waals surface area contributed by atoms with Crippen LogP contribution in [0.2, 0.25) is 0 Å². The van der Waals surface area contributed by atoms with E-state index in [2.05, 4.69) is 6.92 Å². The van der Waals surface area contributed by atoms with E-state index < -0.39 is 0 Å². The van der Waals surface area contributed by atoms with Crippen molar-refractivity contribution in [2.45, 2.75) is 45.4 Å². The highest BCUT2D eigenvalue weighted by Crippen LogP contribution is 2.31. The first-order valence-electron chi connectivity index (χ1n) is 9.95. The number of hydrogen-bond acceptors (Lipinski definition) is 4. The number of unbranched alkanes of at least 4 members (excludes halogenated alkanes) is 2. The predicted molar refractivity (Wildman–Crippen MR) is 111 cm³/mol. The third kappa shape index (κ3) is 6.22. The summed E-state index contributed by atoms with van der Waals surface area (Å²) < 4.78 is 10.6. The van der Waals surface area contributed by atoms with Crippen molar-refractivity contribution in [1.82, 2.24) is 0 Å². The Hall–Kier alpha value is -2.62. The van der Waals surface area contributed by atoms with Crippen molar-refractivity contribution < 1.29 is 19.1 Å². The molecule has 0 spiro atoms. The zero-order valence-electron chi connectivity index (χ0n) is 17.0. The molecule has 150 valence electrons. The summed E-state index contributed by atoms with van der Waals surface area (Å²) in [4.78, 5) is 25.4. The van der Waals surface area contributed by atoms with Crippen LogP contribution < -0.4 is 4.74 Å². The highest BCUT2D eigenvalue weighted by Gasteiger charge is 2.29. The molecule has 0 amide bonds.